The van der Waals surface area contributed by atoms with Gasteiger partial charge in [0.1, 0.15) is 11.6 Å². The van der Waals surface area contributed by atoms with Crippen molar-refractivity contribution in [2.75, 3.05) is 7.11 Å². The fourth-order valence-electron chi connectivity index (χ4n) is 2.28. The number of hydrogen-bond donors (Lipinski definition) is 0. The molecule has 0 fully saturated rings. The lowest BCUT2D eigenvalue weighted by molar-refractivity contribution is 0.408. The summed E-state index contributed by atoms with van der Waals surface area (Å²) in [5, 5.41) is 0. The number of rotatable bonds is 2. The van der Waals surface area contributed by atoms with Gasteiger partial charge >= 0.3 is 0 Å². The zero-order valence-corrected chi connectivity index (χ0v) is 11.5. The van der Waals surface area contributed by atoms with Gasteiger partial charge in [0.25, 0.3) is 0 Å². The first-order chi connectivity index (χ1) is 8.51. The van der Waals surface area contributed by atoms with Crippen molar-refractivity contribution in [2.45, 2.75) is 27.7 Å². The summed E-state index contributed by atoms with van der Waals surface area (Å²) in [4.78, 5) is 8.79. The molecule has 1 aromatic carbocycles. The fourth-order valence-corrected chi connectivity index (χ4v) is 2.28. The highest BCUT2D eigenvalue weighted by Gasteiger charge is 2.08. The summed E-state index contributed by atoms with van der Waals surface area (Å²) in [6.07, 6.45) is 0. The molecule has 0 aliphatic carbocycles. The highest BCUT2D eigenvalue weighted by Crippen LogP contribution is 2.29. The average Bonchev–Trinajstić information content (AvgIpc) is 2.27. The Hall–Kier alpha value is -1.90. The summed E-state index contributed by atoms with van der Waals surface area (Å²) in [7, 11) is 1.70. The number of hydrogen-bond acceptors (Lipinski definition) is 3. The van der Waals surface area contributed by atoms with E-state index in [1.165, 1.54) is 0 Å². The molecule has 3 nitrogen and oxygen atoms in total. The van der Waals surface area contributed by atoms with Gasteiger partial charge in [0.15, 0.2) is 0 Å². The molecule has 3 heteroatoms. The van der Waals surface area contributed by atoms with Crippen LogP contribution in [0.25, 0.3) is 11.3 Å². The molecule has 0 spiro atoms. The zero-order chi connectivity index (χ0) is 13.3. The first-order valence-electron chi connectivity index (χ1n) is 5.99. The Morgan fingerprint density at radius 1 is 0.889 bits per heavy atom. The quantitative estimate of drug-likeness (QED) is 0.809. The van der Waals surface area contributed by atoms with Gasteiger partial charge in [-0.3, -0.25) is 0 Å². The van der Waals surface area contributed by atoms with Crippen molar-refractivity contribution >= 4 is 0 Å². The molecule has 94 valence electrons. The van der Waals surface area contributed by atoms with E-state index in [2.05, 4.69) is 35.9 Å². The predicted octanol–water partition coefficient (Wildman–Crippen LogP) is 3.39. The maximum atomic E-state index is 5.38. The van der Waals surface area contributed by atoms with Crippen LogP contribution >= 0.6 is 0 Å². The van der Waals surface area contributed by atoms with E-state index >= 15 is 0 Å². The molecule has 0 saturated carbocycles. The first kappa shape index (κ1) is 12.6. The van der Waals surface area contributed by atoms with Gasteiger partial charge in [-0.25, -0.2) is 9.97 Å². The van der Waals surface area contributed by atoms with Gasteiger partial charge in [-0.1, -0.05) is 0 Å². The van der Waals surface area contributed by atoms with Gasteiger partial charge in [0, 0.05) is 11.3 Å². The normalized spacial score (nSPS) is 10.5. The van der Waals surface area contributed by atoms with Crippen molar-refractivity contribution in [1.82, 2.24) is 9.97 Å². The monoisotopic (exact) mass is 242 g/mol. The average molecular weight is 242 g/mol. The maximum Gasteiger partial charge on any atom is 0.126 e. The molecule has 2 aromatic rings. The molecule has 0 unspecified atom stereocenters. The lowest BCUT2D eigenvalue weighted by Crippen LogP contribution is -1.96. The van der Waals surface area contributed by atoms with Crippen LogP contribution < -0.4 is 4.74 Å². The van der Waals surface area contributed by atoms with Crippen LogP contribution in [0.15, 0.2) is 18.2 Å². The second kappa shape index (κ2) is 4.77. The van der Waals surface area contributed by atoms with Crippen LogP contribution in [0.2, 0.25) is 0 Å². The molecule has 0 saturated heterocycles. The van der Waals surface area contributed by atoms with Crippen molar-refractivity contribution in [3.05, 3.63) is 40.8 Å². The van der Waals surface area contributed by atoms with E-state index < -0.39 is 0 Å². The number of aryl methyl sites for hydroxylation is 4. The van der Waals surface area contributed by atoms with Crippen molar-refractivity contribution in [3.63, 3.8) is 0 Å². The van der Waals surface area contributed by atoms with Crippen molar-refractivity contribution in [1.29, 1.82) is 0 Å². The lowest BCUT2D eigenvalue weighted by Gasteiger charge is -2.11. The topological polar surface area (TPSA) is 35.0 Å². The van der Waals surface area contributed by atoms with Gasteiger partial charge < -0.3 is 4.74 Å². The molecule has 0 N–H and O–H groups in total. The summed E-state index contributed by atoms with van der Waals surface area (Å²) in [5.74, 6) is 1.75. The van der Waals surface area contributed by atoms with Crippen LogP contribution in [0.4, 0.5) is 0 Å². The van der Waals surface area contributed by atoms with E-state index in [4.69, 9.17) is 4.74 Å². The van der Waals surface area contributed by atoms with Gasteiger partial charge in [-0.15, -0.1) is 0 Å². The Balaban J connectivity index is 2.58. The summed E-state index contributed by atoms with van der Waals surface area (Å²) in [6.45, 7) is 8.01. The summed E-state index contributed by atoms with van der Waals surface area (Å²) in [5.41, 5.74) is 5.32. The fraction of sp³-hybridized carbons (Fsp3) is 0.333. The number of nitrogens with zero attached hydrogens (tertiary/aromatic N) is 2. The smallest absolute Gasteiger partial charge is 0.126 e. The van der Waals surface area contributed by atoms with Crippen LogP contribution in [0.5, 0.6) is 5.75 Å². The minimum absolute atomic E-state index is 0.802. The lowest BCUT2D eigenvalue weighted by atomic mass is 10.0. The molecule has 0 amide bonds. The summed E-state index contributed by atoms with van der Waals surface area (Å²) in [6, 6.07) is 6.22. The van der Waals surface area contributed by atoms with Crippen LogP contribution in [-0.2, 0) is 0 Å². The van der Waals surface area contributed by atoms with E-state index in [0.717, 1.165) is 39.7 Å². The SMILES string of the molecule is COc1c(C)cc(-c2cc(C)nc(C)n2)cc1C. The number of methoxy groups -OCH3 is 1. The van der Waals surface area contributed by atoms with Crippen LogP contribution in [0, 0.1) is 27.7 Å². The van der Waals surface area contributed by atoms with Gasteiger partial charge in [-0.2, -0.15) is 0 Å². The zero-order valence-electron chi connectivity index (χ0n) is 11.5. The van der Waals surface area contributed by atoms with Gasteiger partial charge in [-0.05, 0) is 57.0 Å². The standard InChI is InChI=1S/C15H18N2O/c1-9-6-13(7-10(2)15(9)18-5)14-8-11(3)16-12(4)17-14/h6-8H,1-5H3. The number of benzene rings is 1. The van der Waals surface area contributed by atoms with Crippen molar-refractivity contribution in [2.24, 2.45) is 0 Å². The Morgan fingerprint density at radius 3 is 2.00 bits per heavy atom. The summed E-state index contributed by atoms with van der Waals surface area (Å²) < 4.78 is 5.38. The molecule has 0 aliphatic heterocycles. The number of aromatic nitrogens is 2. The van der Waals surface area contributed by atoms with Crippen molar-refractivity contribution < 1.29 is 4.74 Å². The largest absolute Gasteiger partial charge is 0.496 e. The third-order valence-electron chi connectivity index (χ3n) is 2.93. The molecular weight excluding hydrogens is 224 g/mol. The second-order valence-corrected chi connectivity index (χ2v) is 4.59. The summed E-state index contributed by atoms with van der Waals surface area (Å²) >= 11 is 0. The number of ether oxygens (including phenoxy) is 1. The highest BCUT2D eigenvalue weighted by atomic mass is 16.5. The molecule has 2 rings (SSSR count). The molecule has 1 aromatic heterocycles. The van der Waals surface area contributed by atoms with E-state index in [1.54, 1.807) is 7.11 Å². The highest BCUT2D eigenvalue weighted by molar-refractivity contribution is 5.64. The van der Waals surface area contributed by atoms with Gasteiger partial charge in [0.05, 0.1) is 12.8 Å². The molecule has 18 heavy (non-hydrogen) atoms. The van der Waals surface area contributed by atoms with Crippen LogP contribution in [0.3, 0.4) is 0 Å². The van der Waals surface area contributed by atoms with E-state index in [1.807, 2.05) is 19.9 Å². The Labute approximate surface area is 108 Å². The Kier molecular flexibility index (Phi) is 3.32. The molecular formula is C15H18N2O. The van der Waals surface area contributed by atoms with Crippen molar-refractivity contribution in [3.8, 4) is 17.0 Å². The third kappa shape index (κ3) is 2.35. The minimum atomic E-state index is 0.802. The molecule has 1 heterocycles. The Morgan fingerprint density at radius 2 is 1.50 bits per heavy atom. The van der Waals surface area contributed by atoms with E-state index in [-0.39, 0.29) is 0 Å². The van der Waals surface area contributed by atoms with Crippen LogP contribution in [0.1, 0.15) is 22.6 Å². The maximum absolute atomic E-state index is 5.38. The molecule has 0 radical (unpaired) electrons. The van der Waals surface area contributed by atoms with Gasteiger partial charge in [0.2, 0.25) is 0 Å². The minimum Gasteiger partial charge on any atom is -0.496 e. The van der Waals surface area contributed by atoms with E-state index in [0.29, 0.717) is 0 Å². The Bertz CT molecular complexity index is 548. The predicted molar refractivity (Wildman–Crippen MR) is 73.0 cm³/mol. The molecule has 0 atom stereocenters. The second-order valence-electron chi connectivity index (χ2n) is 4.59. The van der Waals surface area contributed by atoms with E-state index in [9.17, 15) is 0 Å². The van der Waals surface area contributed by atoms with Crippen LogP contribution in [-0.4, -0.2) is 17.1 Å². The molecule has 0 aliphatic rings. The third-order valence-corrected chi connectivity index (χ3v) is 2.93. The first-order valence-corrected chi connectivity index (χ1v) is 5.99. The molecule has 0 bridgehead atoms.